The van der Waals surface area contributed by atoms with Gasteiger partial charge in [0.05, 0.1) is 17.8 Å². The zero-order valence-electron chi connectivity index (χ0n) is 9.85. The van der Waals surface area contributed by atoms with Crippen LogP contribution < -0.4 is 0 Å². The molecule has 0 aromatic carbocycles. The minimum Gasteiger partial charge on any atom is -0.368 e. The molecule has 0 bridgehead atoms. The molecule has 0 radical (unpaired) electrons. The maximum absolute atomic E-state index is 10.6. The fourth-order valence-electron chi connectivity index (χ4n) is 1.66. The van der Waals surface area contributed by atoms with Gasteiger partial charge in [0.1, 0.15) is 12.7 Å². The standard InChI is InChI=1S/C10H14N3O4P/c1-8-10-3-2-9(13(10)12-6-11-8)4-5-17-7-18(14,15)16/h2-3,6H,4-5,7H2,1H3,(H2,14,15,16). The molecule has 0 unspecified atom stereocenters. The molecule has 8 heteroatoms. The Hall–Kier alpha value is -1.27. The summed E-state index contributed by atoms with van der Waals surface area (Å²) in [6.07, 6.45) is 1.46. The third kappa shape index (κ3) is 3.14. The normalized spacial score (nSPS) is 12.2. The number of ether oxygens (including phenoxy) is 1. The first kappa shape index (κ1) is 13.2. The second-order valence-electron chi connectivity index (χ2n) is 3.92. The van der Waals surface area contributed by atoms with E-state index in [-0.39, 0.29) is 6.61 Å². The molecule has 2 rings (SSSR count). The van der Waals surface area contributed by atoms with E-state index in [1.54, 1.807) is 4.52 Å². The average Bonchev–Trinajstić information content (AvgIpc) is 2.68. The third-order valence-corrected chi connectivity index (χ3v) is 3.00. The Balaban J connectivity index is 2.00. The molecule has 18 heavy (non-hydrogen) atoms. The monoisotopic (exact) mass is 271 g/mol. The van der Waals surface area contributed by atoms with E-state index in [4.69, 9.17) is 14.5 Å². The first-order valence-electron chi connectivity index (χ1n) is 5.38. The van der Waals surface area contributed by atoms with Gasteiger partial charge in [0, 0.05) is 12.1 Å². The van der Waals surface area contributed by atoms with Crippen molar-refractivity contribution in [3.8, 4) is 0 Å². The molecule has 0 fully saturated rings. The lowest BCUT2D eigenvalue weighted by Gasteiger charge is -2.06. The number of fused-ring (bicyclic) bond motifs is 1. The molecule has 0 saturated carbocycles. The van der Waals surface area contributed by atoms with Crippen LogP contribution in [0.4, 0.5) is 0 Å². The minimum atomic E-state index is -4.08. The van der Waals surface area contributed by atoms with Gasteiger partial charge in [0.2, 0.25) is 0 Å². The Morgan fingerprint density at radius 1 is 1.44 bits per heavy atom. The lowest BCUT2D eigenvalue weighted by Crippen LogP contribution is -2.05. The van der Waals surface area contributed by atoms with E-state index in [0.29, 0.717) is 6.42 Å². The van der Waals surface area contributed by atoms with E-state index in [1.807, 2.05) is 19.1 Å². The number of nitrogens with zero attached hydrogens (tertiary/aromatic N) is 3. The molecule has 0 aliphatic heterocycles. The van der Waals surface area contributed by atoms with E-state index in [0.717, 1.165) is 16.9 Å². The first-order valence-corrected chi connectivity index (χ1v) is 7.18. The van der Waals surface area contributed by atoms with Crippen LogP contribution in [-0.4, -0.2) is 37.3 Å². The summed E-state index contributed by atoms with van der Waals surface area (Å²) in [6.45, 7) is 2.13. The summed E-state index contributed by atoms with van der Waals surface area (Å²) in [7, 11) is -4.08. The van der Waals surface area contributed by atoms with Crippen molar-refractivity contribution in [3.63, 3.8) is 0 Å². The molecule has 0 atom stereocenters. The summed E-state index contributed by atoms with van der Waals surface area (Å²) < 4.78 is 17.3. The summed E-state index contributed by atoms with van der Waals surface area (Å²) in [4.78, 5) is 21.4. The molecule has 0 saturated heterocycles. The van der Waals surface area contributed by atoms with Crippen LogP contribution in [0.25, 0.3) is 5.52 Å². The highest BCUT2D eigenvalue weighted by Gasteiger charge is 2.12. The predicted molar refractivity (Wildman–Crippen MR) is 64.3 cm³/mol. The van der Waals surface area contributed by atoms with E-state index < -0.39 is 13.9 Å². The number of hydrogen-bond acceptors (Lipinski definition) is 4. The Kier molecular flexibility index (Phi) is 3.77. The molecule has 7 nitrogen and oxygen atoms in total. The second-order valence-corrected chi connectivity index (χ2v) is 5.51. The molecule has 0 spiro atoms. The average molecular weight is 271 g/mol. The molecule has 2 aromatic heterocycles. The maximum Gasteiger partial charge on any atom is 0.350 e. The highest BCUT2D eigenvalue weighted by molar-refractivity contribution is 7.51. The summed E-state index contributed by atoms with van der Waals surface area (Å²) in [5, 5.41) is 4.13. The van der Waals surface area contributed by atoms with Crippen LogP contribution >= 0.6 is 7.60 Å². The maximum atomic E-state index is 10.6. The van der Waals surface area contributed by atoms with Crippen molar-refractivity contribution < 1.29 is 19.1 Å². The Morgan fingerprint density at radius 2 is 2.22 bits per heavy atom. The topological polar surface area (TPSA) is 97.0 Å². The fourth-order valence-corrected chi connectivity index (χ4v) is 2.03. The minimum absolute atomic E-state index is 0.236. The number of aromatic nitrogens is 3. The summed E-state index contributed by atoms with van der Waals surface area (Å²) >= 11 is 0. The van der Waals surface area contributed by atoms with E-state index >= 15 is 0 Å². The van der Waals surface area contributed by atoms with E-state index in [2.05, 4.69) is 10.1 Å². The largest absolute Gasteiger partial charge is 0.368 e. The van der Waals surface area contributed by atoms with Crippen molar-refractivity contribution in [2.24, 2.45) is 0 Å². The van der Waals surface area contributed by atoms with Gasteiger partial charge in [0.25, 0.3) is 0 Å². The Labute approximate surface area is 104 Å². The van der Waals surface area contributed by atoms with Gasteiger partial charge in [0.15, 0.2) is 0 Å². The molecule has 2 N–H and O–H groups in total. The summed E-state index contributed by atoms with van der Waals surface area (Å²) in [5.74, 6) is 0. The van der Waals surface area contributed by atoms with Crippen molar-refractivity contribution >= 4 is 13.1 Å². The van der Waals surface area contributed by atoms with E-state index in [1.165, 1.54) is 6.33 Å². The number of aryl methyl sites for hydroxylation is 1. The summed E-state index contributed by atoms with van der Waals surface area (Å²) in [6, 6.07) is 3.81. The fraction of sp³-hybridized carbons (Fsp3) is 0.400. The van der Waals surface area contributed by atoms with Crippen LogP contribution in [0.15, 0.2) is 18.5 Å². The lowest BCUT2D eigenvalue weighted by atomic mass is 10.3. The third-order valence-electron chi connectivity index (χ3n) is 2.49. The molecule has 2 heterocycles. The van der Waals surface area contributed by atoms with Gasteiger partial charge >= 0.3 is 7.60 Å². The van der Waals surface area contributed by atoms with Gasteiger partial charge in [-0.3, -0.25) is 4.57 Å². The van der Waals surface area contributed by atoms with Gasteiger partial charge < -0.3 is 14.5 Å². The van der Waals surface area contributed by atoms with Crippen LogP contribution in [0.5, 0.6) is 0 Å². The molecule has 98 valence electrons. The van der Waals surface area contributed by atoms with Gasteiger partial charge in [-0.25, -0.2) is 9.50 Å². The second kappa shape index (κ2) is 5.16. The molecule has 2 aromatic rings. The van der Waals surface area contributed by atoms with Crippen molar-refractivity contribution in [2.45, 2.75) is 13.3 Å². The zero-order chi connectivity index (χ0) is 13.2. The van der Waals surface area contributed by atoms with Crippen molar-refractivity contribution in [3.05, 3.63) is 29.8 Å². The molecule has 0 amide bonds. The Bertz CT molecular complexity index is 592. The van der Waals surface area contributed by atoms with Crippen molar-refractivity contribution in [1.29, 1.82) is 0 Å². The van der Waals surface area contributed by atoms with Crippen LogP contribution in [0.1, 0.15) is 11.4 Å². The smallest absolute Gasteiger partial charge is 0.350 e. The molecule has 0 aliphatic carbocycles. The SMILES string of the molecule is Cc1ncnn2c(CCOCP(=O)(O)O)ccc12. The highest BCUT2D eigenvalue weighted by Crippen LogP contribution is 2.33. The quantitative estimate of drug-likeness (QED) is 0.614. The van der Waals surface area contributed by atoms with E-state index in [9.17, 15) is 4.57 Å². The van der Waals surface area contributed by atoms with Gasteiger partial charge in [-0.1, -0.05) is 0 Å². The summed E-state index contributed by atoms with van der Waals surface area (Å²) in [5.41, 5.74) is 2.72. The lowest BCUT2D eigenvalue weighted by molar-refractivity contribution is 0.159. The molecule has 0 aliphatic rings. The number of rotatable bonds is 5. The zero-order valence-corrected chi connectivity index (χ0v) is 10.7. The first-order chi connectivity index (χ1) is 8.47. The Morgan fingerprint density at radius 3 is 2.94 bits per heavy atom. The molecular formula is C10H14N3O4P. The van der Waals surface area contributed by atoms with Gasteiger partial charge in [-0.2, -0.15) is 5.10 Å². The van der Waals surface area contributed by atoms with Gasteiger partial charge in [-0.15, -0.1) is 0 Å². The number of hydrogen-bond donors (Lipinski definition) is 2. The predicted octanol–water partition coefficient (Wildman–Crippen LogP) is 0.732. The van der Waals surface area contributed by atoms with Gasteiger partial charge in [-0.05, 0) is 19.1 Å². The van der Waals surface area contributed by atoms with Crippen LogP contribution in [0.3, 0.4) is 0 Å². The van der Waals surface area contributed by atoms with Crippen molar-refractivity contribution in [2.75, 3.05) is 13.0 Å². The van der Waals surface area contributed by atoms with Crippen LogP contribution in [-0.2, 0) is 15.7 Å². The van der Waals surface area contributed by atoms with Crippen molar-refractivity contribution in [1.82, 2.24) is 14.6 Å². The van der Waals surface area contributed by atoms with Crippen LogP contribution in [0, 0.1) is 6.92 Å². The highest BCUT2D eigenvalue weighted by atomic mass is 31.2. The molecular weight excluding hydrogens is 257 g/mol. The van der Waals surface area contributed by atoms with Crippen LogP contribution in [0.2, 0.25) is 0 Å².